The topological polar surface area (TPSA) is 15.3 Å². The van der Waals surface area contributed by atoms with Crippen molar-refractivity contribution >= 4 is 21.6 Å². The fourth-order valence-corrected chi connectivity index (χ4v) is 3.05. The standard InChI is InChI=1S/C13H17BrF2N2/c1-2-17-7-9-3-4-18(8-9)13-11(14)5-10(15)6-12(13)16/h5-6,9,17H,2-4,7-8H2,1H3. The summed E-state index contributed by atoms with van der Waals surface area (Å²) >= 11 is 3.24. The van der Waals surface area contributed by atoms with Gasteiger partial charge in [-0.15, -0.1) is 0 Å². The smallest absolute Gasteiger partial charge is 0.150 e. The molecule has 100 valence electrons. The maximum Gasteiger partial charge on any atom is 0.150 e. The summed E-state index contributed by atoms with van der Waals surface area (Å²) in [5.74, 6) is -0.515. The Kier molecular flexibility index (Phi) is 4.56. The first-order valence-electron chi connectivity index (χ1n) is 6.22. The third-order valence-corrected chi connectivity index (χ3v) is 3.87. The second-order valence-electron chi connectivity index (χ2n) is 4.63. The van der Waals surface area contributed by atoms with Crippen molar-refractivity contribution in [2.45, 2.75) is 13.3 Å². The monoisotopic (exact) mass is 318 g/mol. The summed E-state index contributed by atoms with van der Waals surface area (Å²) in [6.45, 7) is 5.60. The molecule has 1 aromatic carbocycles. The molecule has 0 spiro atoms. The summed E-state index contributed by atoms with van der Waals surface area (Å²) in [5, 5.41) is 3.31. The van der Waals surface area contributed by atoms with Gasteiger partial charge in [0.05, 0.1) is 5.69 Å². The van der Waals surface area contributed by atoms with E-state index in [1.54, 1.807) is 0 Å². The predicted molar refractivity (Wildman–Crippen MR) is 72.9 cm³/mol. The molecule has 0 aromatic heterocycles. The predicted octanol–water partition coefficient (Wildman–Crippen LogP) is 3.16. The van der Waals surface area contributed by atoms with Crippen molar-refractivity contribution in [3.05, 3.63) is 28.2 Å². The molecule has 1 aliphatic rings. The molecule has 1 unspecified atom stereocenters. The summed E-state index contributed by atoms with van der Waals surface area (Å²) < 4.78 is 27.3. The fourth-order valence-electron chi connectivity index (χ4n) is 2.39. The Morgan fingerprint density at radius 1 is 1.44 bits per heavy atom. The van der Waals surface area contributed by atoms with E-state index in [0.717, 1.165) is 38.7 Å². The van der Waals surface area contributed by atoms with Crippen LogP contribution in [0.3, 0.4) is 0 Å². The molecular formula is C13H17BrF2N2. The molecule has 1 saturated heterocycles. The third-order valence-electron chi connectivity index (χ3n) is 3.27. The first kappa shape index (κ1) is 13.7. The van der Waals surface area contributed by atoms with Crippen molar-refractivity contribution in [2.24, 2.45) is 5.92 Å². The molecule has 0 aliphatic carbocycles. The summed E-state index contributed by atoms with van der Waals surface area (Å²) in [7, 11) is 0. The van der Waals surface area contributed by atoms with Gasteiger partial charge in [-0.3, -0.25) is 0 Å². The zero-order valence-electron chi connectivity index (χ0n) is 10.3. The normalized spacial score (nSPS) is 19.6. The second-order valence-corrected chi connectivity index (χ2v) is 5.48. The molecule has 18 heavy (non-hydrogen) atoms. The summed E-state index contributed by atoms with van der Waals surface area (Å²) in [6.07, 6.45) is 1.04. The van der Waals surface area contributed by atoms with Crippen LogP contribution in [-0.2, 0) is 0 Å². The van der Waals surface area contributed by atoms with Crippen molar-refractivity contribution in [1.82, 2.24) is 5.32 Å². The average molecular weight is 319 g/mol. The van der Waals surface area contributed by atoms with Gasteiger partial charge in [-0.1, -0.05) is 6.92 Å². The van der Waals surface area contributed by atoms with Crippen LogP contribution in [0.2, 0.25) is 0 Å². The van der Waals surface area contributed by atoms with E-state index in [-0.39, 0.29) is 0 Å². The lowest BCUT2D eigenvalue weighted by Gasteiger charge is -2.21. The zero-order valence-corrected chi connectivity index (χ0v) is 11.9. The summed E-state index contributed by atoms with van der Waals surface area (Å²) in [4.78, 5) is 1.99. The van der Waals surface area contributed by atoms with Crippen molar-refractivity contribution in [1.29, 1.82) is 0 Å². The minimum absolute atomic E-state index is 0.482. The lowest BCUT2D eigenvalue weighted by atomic mass is 10.1. The third kappa shape index (κ3) is 3.01. The van der Waals surface area contributed by atoms with Gasteiger partial charge in [0.25, 0.3) is 0 Å². The van der Waals surface area contributed by atoms with Crippen LogP contribution in [0.5, 0.6) is 0 Å². The van der Waals surface area contributed by atoms with E-state index < -0.39 is 11.6 Å². The van der Waals surface area contributed by atoms with Gasteiger partial charge < -0.3 is 10.2 Å². The van der Waals surface area contributed by atoms with E-state index in [1.165, 1.54) is 6.07 Å². The van der Waals surface area contributed by atoms with Crippen molar-refractivity contribution in [3.8, 4) is 0 Å². The second kappa shape index (κ2) is 5.97. The minimum atomic E-state index is -0.550. The van der Waals surface area contributed by atoms with Crippen molar-refractivity contribution in [3.63, 3.8) is 0 Å². The zero-order chi connectivity index (χ0) is 13.1. The van der Waals surface area contributed by atoms with Gasteiger partial charge in [-0.25, -0.2) is 8.78 Å². The SMILES string of the molecule is CCNCC1CCN(c2c(F)cc(F)cc2Br)C1. The summed E-state index contributed by atoms with van der Waals surface area (Å²) in [5.41, 5.74) is 0.482. The molecule has 0 saturated carbocycles. The molecule has 2 rings (SSSR count). The molecule has 1 atom stereocenters. The highest BCUT2D eigenvalue weighted by Gasteiger charge is 2.26. The molecule has 5 heteroatoms. The summed E-state index contributed by atoms with van der Waals surface area (Å²) in [6, 6.07) is 2.26. The molecule has 0 amide bonds. The van der Waals surface area contributed by atoms with Gasteiger partial charge in [0.2, 0.25) is 0 Å². The number of hydrogen-bond donors (Lipinski definition) is 1. The van der Waals surface area contributed by atoms with Crippen molar-refractivity contribution < 1.29 is 8.78 Å². The van der Waals surface area contributed by atoms with Crippen LogP contribution < -0.4 is 10.2 Å². The Morgan fingerprint density at radius 2 is 2.22 bits per heavy atom. The molecule has 1 fully saturated rings. The average Bonchev–Trinajstić information content (AvgIpc) is 2.73. The molecule has 1 aromatic rings. The highest BCUT2D eigenvalue weighted by Crippen LogP contribution is 2.33. The van der Waals surface area contributed by atoms with E-state index in [9.17, 15) is 8.78 Å². The van der Waals surface area contributed by atoms with E-state index in [2.05, 4.69) is 28.2 Å². The Labute approximate surface area is 114 Å². The van der Waals surface area contributed by atoms with Gasteiger partial charge in [0, 0.05) is 23.6 Å². The van der Waals surface area contributed by atoms with Crippen LogP contribution in [0.4, 0.5) is 14.5 Å². The van der Waals surface area contributed by atoms with E-state index in [1.807, 2.05) is 4.90 Å². The van der Waals surface area contributed by atoms with Crippen LogP contribution in [0.25, 0.3) is 0 Å². The highest BCUT2D eigenvalue weighted by molar-refractivity contribution is 9.10. The first-order valence-corrected chi connectivity index (χ1v) is 7.01. The maximum absolute atomic E-state index is 13.8. The van der Waals surface area contributed by atoms with Gasteiger partial charge in [-0.2, -0.15) is 0 Å². The number of benzene rings is 1. The van der Waals surface area contributed by atoms with Crippen LogP contribution >= 0.6 is 15.9 Å². The number of anilines is 1. The number of hydrogen-bond acceptors (Lipinski definition) is 2. The largest absolute Gasteiger partial charge is 0.368 e. The van der Waals surface area contributed by atoms with Gasteiger partial charge >= 0.3 is 0 Å². The Balaban J connectivity index is 2.09. The quantitative estimate of drug-likeness (QED) is 0.917. The van der Waals surface area contributed by atoms with E-state index in [0.29, 0.717) is 16.1 Å². The lowest BCUT2D eigenvalue weighted by Crippen LogP contribution is -2.26. The Morgan fingerprint density at radius 3 is 2.89 bits per heavy atom. The van der Waals surface area contributed by atoms with Gasteiger partial charge in [0.15, 0.2) is 5.82 Å². The number of nitrogens with zero attached hydrogens (tertiary/aromatic N) is 1. The first-order chi connectivity index (χ1) is 8.61. The highest BCUT2D eigenvalue weighted by atomic mass is 79.9. The molecular weight excluding hydrogens is 302 g/mol. The number of halogens is 3. The maximum atomic E-state index is 13.8. The van der Waals surface area contributed by atoms with E-state index >= 15 is 0 Å². The fraction of sp³-hybridized carbons (Fsp3) is 0.538. The van der Waals surface area contributed by atoms with Crippen molar-refractivity contribution in [2.75, 3.05) is 31.1 Å². The molecule has 0 bridgehead atoms. The molecule has 2 nitrogen and oxygen atoms in total. The van der Waals surface area contributed by atoms with Gasteiger partial charge in [-0.05, 0) is 47.4 Å². The van der Waals surface area contributed by atoms with Crippen LogP contribution in [0, 0.1) is 17.6 Å². The number of rotatable bonds is 4. The van der Waals surface area contributed by atoms with Crippen LogP contribution in [-0.4, -0.2) is 26.2 Å². The van der Waals surface area contributed by atoms with Crippen LogP contribution in [0.1, 0.15) is 13.3 Å². The van der Waals surface area contributed by atoms with Gasteiger partial charge in [0.1, 0.15) is 5.82 Å². The lowest BCUT2D eigenvalue weighted by molar-refractivity contribution is 0.526. The van der Waals surface area contributed by atoms with E-state index in [4.69, 9.17) is 0 Å². The number of nitrogens with one attached hydrogen (secondary N) is 1. The Bertz CT molecular complexity index is 402. The molecule has 1 N–H and O–H groups in total. The Hall–Kier alpha value is -0.680. The molecule has 0 radical (unpaired) electrons. The van der Waals surface area contributed by atoms with Crippen LogP contribution in [0.15, 0.2) is 16.6 Å². The minimum Gasteiger partial charge on any atom is -0.368 e. The molecule has 1 aliphatic heterocycles. The molecule has 1 heterocycles.